The van der Waals surface area contributed by atoms with Crippen molar-refractivity contribution in [3.8, 4) is 0 Å². The predicted octanol–water partition coefficient (Wildman–Crippen LogP) is 2.49. The van der Waals surface area contributed by atoms with Gasteiger partial charge in [0.1, 0.15) is 0 Å². The molecule has 2 aliphatic rings. The third kappa shape index (κ3) is 2.43. The summed E-state index contributed by atoms with van der Waals surface area (Å²) in [4.78, 5) is 2.76. The Bertz CT molecular complexity index is 225. The van der Waals surface area contributed by atoms with Crippen molar-refractivity contribution in [2.75, 3.05) is 13.1 Å². The third-order valence-electron chi connectivity index (χ3n) is 4.91. The molecule has 2 rings (SSSR count). The zero-order valence-electron chi connectivity index (χ0n) is 11.4. The Labute approximate surface area is 101 Å². The zero-order chi connectivity index (χ0) is 11.7. The Hall–Kier alpha value is -0.0800. The van der Waals surface area contributed by atoms with Crippen molar-refractivity contribution in [3.63, 3.8) is 0 Å². The molecule has 16 heavy (non-hydrogen) atoms. The van der Waals surface area contributed by atoms with E-state index < -0.39 is 0 Å². The lowest BCUT2D eigenvalue weighted by Gasteiger charge is -2.46. The topological polar surface area (TPSA) is 15.3 Å². The first-order valence-electron chi connectivity index (χ1n) is 7.14. The van der Waals surface area contributed by atoms with Gasteiger partial charge in [0.05, 0.1) is 0 Å². The molecule has 0 amide bonds. The molecule has 4 atom stereocenters. The maximum Gasteiger partial charge on any atom is 0.0120 e. The van der Waals surface area contributed by atoms with Crippen LogP contribution in [0.1, 0.15) is 47.0 Å². The van der Waals surface area contributed by atoms with Gasteiger partial charge < -0.3 is 5.32 Å². The Morgan fingerprint density at radius 1 is 1.25 bits per heavy atom. The van der Waals surface area contributed by atoms with Gasteiger partial charge in [0.15, 0.2) is 0 Å². The van der Waals surface area contributed by atoms with Crippen molar-refractivity contribution in [1.29, 1.82) is 0 Å². The third-order valence-corrected chi connectivity index (χ3v) is 4.91. The van der Waals surface area contributed by atoms with Crippen LogP contribution in [-0.2, 0) is 0 Å². The fourth-order valence-electron chi connectivity index (χ4n) is 3.37. The van der Waals surface area contributed by atoms with Gasteiger partial charge in [-0.1, -0.05) is 13.8 Å². The van der Waals surface area contributed by atoms with Gasteiger partial charge in [-0.25, -0.2) is 0 Å². The Morgan fingerprint density at radius 3 is 2.50 bits per heavy atom. The highest BCUT2D eigenvalue weighted by Gasteiger charge is 2.39. The van der Waals surface area contributed by atoms with E-state index >= 15 is 0 Å². The van der Waals surface area contributed by atoms with Crippen LogP contribution in [0.25, 0.3) is 0 Å². The zero-order valence-corrected chi connectivity index (χ0v) is 11.4. The monoisotopic (exact) mass is 224 g/mol. The largest absolute Gasteiger partial charge is 0.314 e. The van der Waals surface area contributed by atoms with E-state index in [4.69, 9.17) is 0 Å². The summed E-state index contributed by atoms with van der Waals surface area (Å²) in [5, 5.41) is 3.64. The molecule has 4 unspecified atom stereocenters. The van der Waals surface area contributed by atoms with E-state index in [1.54, 1.807) is 0 Å². The molecule has 0 spiro atoms. The second kappa shape index (κ2) is 5.05. The Morgan fingerprint density at radius 2 is 1.94 bits per heavy atom. The molecule has 1 N–H and O–H groups in total. The molecule has 2 nitrogen and oxygen atoms in total. The summed E-state index contributed by atoms with van der Waals surface area (Å²) >= 11 is 0. The predicted molar refractivity (Wildman–Crippen MR) is 69.6 cm³/mol. The normalized spacial score (nSPS) is 38.6. The molecule has 2 heteroatoms. The van der Waals surface area contributed by atoms with E-state index in [-0.39, 0.29) is 0 Å². The van der Waals surface area contributed by atoms with Gasteiger partial charge in [0, 0.05) is 24.7 Å². The van der Waals surface area contributed by atoms with Gasteiger partial charge in [0.2, 0.25) is 0 Å². The highest BCUT2D eigenvalue weighted by atomic mass is 15.2. The fourth-order valence-corrected chi connectivity index (χ4v) is 3.37. The highest BCUT2D eigenvalue weighted by molar-refractivity contribution is 4.94. The lowest BCUT2D eigenvalue weighted by molar-refractivity contribution is 0.0454. The molecule has 0 aromatic rings. The van der Waals surface area contributed by atoms with Crippen molar-refractivity contribution in [2.45, 2.75) is 65.1 Å². The molecule has 1 heterocycles. The summed E-state index contributed by atoms with van der Waals surface area (Å²) in [5.41, 5.74) is 0. The smallest absolute Gasteiger partial charge is 0.0120 e. The van der Waals surface area contributed by atoms with Crippen molar-refractivity contribution >= 4 is 0 Å². The van der Waals surface area contributed by atoms with E-state index in [9.17, 15) is 0 Å². The van der Waals surface area contributed by atoms with Crippen LogP contribution in [0.5, 0.6) is 0 Å². The first-order valence-corrected chi connectivity index (χ1v) is 7.14. The summed E-state index contributed by atoms with van der Waals surface area (Å²) in [6, 6.07) is 2.30. The Balaban J connectivity index is 1.93. The lowest BCUT2D eigenvalue weighted by Crippen LogP contribution is -2.56. The van der Waals surface area contributed by atoms with Gasteiger partial charge in [-0.2, -0.15) is 0 Å². The van der Waals surface area contributed by atoms with Crippen LogP contribution < -0.4 is 5.32 Å². The van der Waals surface area contributed by atoms with Crippen molar-refractivity contribution in [2.24, 2.45) is 11.8 Å². The molecule has 1 aliphatic heterocycles. The molecule has 1 saturated carbocycles. The van der Waals surface area contributed by atoms with Crippen LogP contribution in [0, 0.1) is 11.8 Å². The first kappa shape index (κ1) is 12.4. The lowest BCUT2D eigenvalue weighted by atomic mass is 9.85. The number of hydrogen-bond acceptors (Lipinski definition) is 2. The number of likely N-dealkylation sites (tertiary alicyclic amines) is 1. The molecule has 1 aliphatic carbocycles. The van der Waals surface area contributed by atoms with Gasteiger partial charge in [-0.05, 0) is 51.5 Å². The fraction of sp³-hybridized carbons (Fsp3) is 1.00. The maximum atomic E-state index is 3.64. The van der Waals surface area contributed by atoms with Crippen LogP contribution in [0.15, 0.2) is 0 Å². The van der Waals surface area contributed by atoms with E-state index in [0.717, 1.165) is 36.5 Å². The van der Waals surface area contributed by atoms with Crippen LogP contribution in [0.4, 0.5) is 0 Å². The molecule has 0 bridgehead atoms. The average molecular weight is 224 g/mol. The molecular weight excluding hydrogens is 196 g/mol. The van der Waals surface area contributed by atoms with Crippen LogP contribution in [0.2, 0.25) is 0 Å². The standard InChI is InChI=1S/C14H28N2/c1-5-15-14-8-9-16(11(3)10(14)2)12(4)13-6-7-13/h10-15H,5-9H2,1-4H3. The van der Waals surface area contributed by atoms with E-state index in [1.807, 2.05) is 0 Å². The second-order valence-corrected chi connectivity index (χ2v) is 5.87. The second-order valence-electron chi connectivity index (χ2n) is 5.87. The van der Waals surface area contributed by atoms with Crippen LogP contribution in [-0.4, -0.2) is 36.1 Å². The van der Waals surface area contributed by atoms with Gasteiger partial charge in [0.25, 0.3) is 0 Å². The minimum atomic E-state index is 0.739. The molecule has 0 radical (unpaired) electrons. The number of piperidine rings is 1. The summed E-state index contributed by atoms with van der Waals surface area (Å²) in [5.74, 6) is 1.79. The summed E-state index contributed by atoms with van der Waals surface area (Å²) in [6.45, 7) is 11.9. The number of hydrogen-bond donors (Lipinski definition) is 1. The minimum absolute atomic E-state index is 0.739. The summed E-state index contributed by atoms with van der Waals surface area (Å²) in [6.07, 6.45) is 4.27. The molecular formula is C14H28N2. The number of nitrogens with zero attached hydrogens (tertiary/aromatic N) is 1. The summed E-state index contributed by atoms with van der Waals surface area (Å²) < 4.78 is 0. The molecule has 94 valence electrons. The number of rotatable bonds is 4. The average Bonchev–Trinajstić information content (AvgIpc) is 3.08. The van der Waals surface area contributed by atoms with E-state index in [0.29, 0.717) is 0 Å². The molecule has 0 aromatic carbocycles. The SMILES string of the molecule is CCNC1CCN(C(C)C2CC2)C(C)C1C. The maximum absolute atomic E-state index is 3.64. The minimum Gasteiger partial charge on any atom is -0.314 e. The highest BCUT2D eigenvalue weighted by Crippen LogP contribution is 2.38. The molecule has 0 aromatic heterocycles. The van der Waals surface area contributed by atoms with Gasteiger partial charge in [-0.15, -0.1) is 0 Å². The van der Waals surface area contributed by atoms with Crippen LogP contribution in [0.3, 0.4) is 0 Å². The Kier molecular flexibility index (Phi) is 3.91. The van der Waals surface area contributed by atoms with Gasteiger partial charge >= 0.3 is 0 Å². The van der Waals surface area contributed by atoms with E-state index in [2.05, 4.69) is 37.9 Å². The molecule has 1 saturated heterocycles. The van der Waals surface area contributed by atoms with Crippen molar-refractivity contribution in [1.82, 2.24) is 10.2 Å². The summed E-state index contributed by atoms with van der Waals surface area (Å²) in [7, 11) is 0. The molecule has 2 fully saturated rings. The van der Waals surface area contributed by atoms with Gasteiger partial charge in [-0.3, -0.25) is 4.90 Å². The van der Waals surface area contributed by atoms with E-state index in [1.165, 1.54) is 25.8 Å². The first-order chi connectivity index (χ1) is 7.65. The quantitative estimate of drug-likeness (QED) is 0.789. The van der Waals surface area contributed by atoms with Crippen molar-refractivity contribution in [3.05, 3.63) is 0 Å². The number of nitrogens with one attached hydrogen (secondary N) is 1. The van der Waals surface area contributed by atoms with Crippen molar-refractivity contribution < 1.29 is 0 Å². The van der Waals surface area contributed by atoms with Crippen LogP contribution >= 0.6 is 0 Å².